The maximum absolute atomic E-state index is 10.6. The van der Waals surface area contributed by atoms with Crippen LogP contribution < -0.4 is 0 Å². The molecule has 0 aliphatic rings. The van der Waals surface area contributed by atoms with Gasteiger partial charge in [0.2, 0.25) is 0 Å². The van der Waals surface area contributed by atoms with Crippen LogP contribution in [-0.4, -0.2) is 5.11 Å². The number of aliphatic hydroxyl groups is 1. The number of hydrogen-bond acceptors (Lipinski definition) is 1. The Hall–Kier alpha value is -0.820. The highest BCUT2D eigenvalue weighted by Crippen LogP contribution is 2.32. The summed E-state index contributed by atoms with van der Waals surface area (Å²) in [6.45, 7) is 13.4. The zero-order chi connectivity index (χ0) is 15.3. The van der Waals surface area contributed by atoms with Gasteiger partial charge < -0.3 is 5.11 Å². The van der Waals surface area contributed by atoms with Gasteiger partial charge in [-0.05, 0) is 53.7 Å². The van der Waals surface area contributed by atoms with Crippen LogP contribution in [0.1, 0.15) is 77.2 Å². The Labute approximate surface area is 125 Å². The monoisotopic (exact) mass is 276 g/mol. The Morgan fingerprint density at radius 1 is 1.10 bits per heavy atom. The van der Waals surface area contributed by atoms with Gasteiger partial charge in [-0.15, -0.1) is 0 Å². The zero-order valence-corrected chi connectivity index (χ0v) is 14.2. The van der Waals surface area contributed by atoms with E-state index in [1.807, 2.05) is 0 Å². The molecule has 0 aromatic heterocycles. The minimum atomic E-state index is -0.325. The Bertz CT molecular complexity index is 414. The number of rotatable bonds is 6. The average Bonchev–Trinajstić information content (AvgIpc) is 2.35. The van der Waals surface area contributed by atoms with Crippen molar-refractivity contribution in [3.05, 3.63) is 34.9 Å². The summed E-state index contributed by atoms with van der Waals surface area (Å²) in [5.74, 6) is 0.542. The molecule has 0 aliphatic carbocycles. The molecule has 1 N–H and O–H groups in total. The van der Waals surface area contributed by atoms with E-state index < -0.39 is 0 Å². The molecule has 114 valence electrons. The second kappa shape index (κ2) is 7.26. The van der Waals surface area contributed by atoms with Crippen molar-refractivity contribution in [1.82, 2.24) is 0 Å². The maximum Gasteiger partial charge on any atom is 0.0795 e. The Morgan fingerprint density at radius 2 is 1.75 bits per heavy atom. The van der Waals surface area contributed by atoms with Gasteiger partial charge in [0.05, 0.1) is 6.10 Å². The van der Waals surface area contributed by atoms with Crippen LogP contribution in [0.4, 0.5) is 0 Å². The van der Waals surface area contributed by atoms with Crippen molar-refractivity contribution in [3.8, 4) is 0 Å². The largest absolute Gasteiger partial charge is 0.388 e. The molecule has 20 heavy (non-hydrogen) atoms. The molecule has 1 aromatic carbocycles. The molecule has 0 amide bonds. The van der Waals surface area contributed by atoms with Crippen LogP contribution in [0.3, 0.4) is 0 Å². The molecule has 0 bridgehead atoms. The van der Waals surface area contributed by atoms with E-state index in [0.717, 1.165) is 31.2 Å². The summed E-state index contributed by atoms with van der Waals surface area (Å²) in [5.41, 5.74) is 4.09. The van der Waals surface area contributed by atoms with Gasteiger partial charge in [-0.25, -0.2) is 0 Å². The molecule has 0 saturated carbocycles. The predicted octanol–water partition coefficient (Wildman–Crippen LogP) is 5.31. The number of aryl methyl sites for hydroxylation is 2. The highest BCUT2D eigenvalue weighted by Gasteiger charge is 2.20. The van der Waals surface area contributed by atoms with Crippen LogP contribution in [0.15, 0.2) is 18.2 Å². The van der Waals surface area contributed by atoms with E-state index in [2.05, 4.69) is 59.7 Å². The first kappa shape index (κ1) is 17.2. The summed E-state index contributed by atoms with van der Waals surface area (Å²) in [4.78, 5) is 0. The predicted molar refractivity (Wildman–Crippen MR) is 88.0 cm³/mol. The van der Waals surface area contributed by atoms with Crippen molar-refractivity contribution in [2.45, 2.75) is 73.3 Å². The number of benzene rings is 1. The van der Waals surface area contributed by atoms with Crippen molar-refractivity contribution in [2.24, 2.45) is 11.3 Å². The second-order valence-corrected chi connectivity index (χ2v) is 7.36. The van der Waals surface area contributed by atoms with Crippen molar-refractivity contribution in [3.63, 3.8) is 0 Å². The van der Waals surface area contributed by atoms with Gasteiger partial charge in [-0.2, -0.15) is 0 Å². The van der Waals surface area contributed by atoms with Crippen LogP contribution in [-0.2, 0) is 12.8 Å². The third kappa shape index (κ3) is 5.28. The highest BCUT2D eigenvalue weighted by molar-refractivity contribution is 5.33. The normalized spacial score (nSPS) is 15.2. The Balaban J connectivity index is 2.82. The van der Waals surface area contributed by atoms with E-state index in [-0.39, 0.29) is 6.10 Å². The van der Waals surface area contributed by atoms with E-state index in [1.54, 1.807) is 0 Å². The van der Waals surface area contributed by atoms with Gasteiger partial charge in [0.25, 0.3) is 0 Å². The summed E-state index contributed by atoms with van der Waals surface area (Å²) in [6.07, 6.45) is 3.70. The summed E-state index contributed by atoms with van der Waals surface area (Å²) in [6, 6.07) is 6.58. The fraction of sp³-hybridized carbons (Fsp3) is 0.684. The van der Waals surface area contributed by atoms with Crippen LogP contribution in [0, 0.1) is 11.3 Å². The first-order chi connectivity index (χ1) is 9.26. The summed E-state index contributed by atoms with van der Waals surface area (Å²) < 4.78 is 0. The lowest BCUT2D eigenvalue weighted by molar-refractivity contribution is 0.133. The lowest BCUT2D eigenvalue weighted by atomic mass is 9.82. The van der Waals surface area contributed by atoms with Crippen LogP contribution >= 0.6 is 0 Å². The molecule has 0 radical (unpaired) electrons. The maximum atomic E-state index is 10.6. The first-order valence-electron chi connectivity index (χ1n) is 8.06. The third-order valence-electron chi connectivity index (χ3n) is 3.94. The molecule has 1 rings (SSSR count). The van der Waals surface area contributed by atoms with Gasteiger partial charge in [0.15, 0.2) is 0 Å². The fourth-order valence-electron chi connectivity index (χ4n) is 3.13. The molecule has 2 atom stereocenters. The van der Waals surface area contributed by atoms with E-state index in [1.165, 1.54) is 11.1 Å². The quantitative estimate of drug-likeness (QED) is 0.746. The van der Waals surface area contributed by atoms with Crippen molar-refractivity contribution < 1.29 is 5.11 Å². The highest BCUT2D eigenvalue weighted by atomic mass is 16.3. The molecule has 1 aromatic rings. The minimum Gasteiger partial charge on any atom is -0.388 e. The van der Waals surface area contributed by atoms with Crippen LogP contribution in [0.2, 0.25) is 0 Å². The minimum absolute atomic E-state index is 0.325. The first-order valence-corrected chi connectivity index (χ1v) is 8.06. The van der Waals surface area contributed by atoms with Crippen LogP contribution in [0.25, 0.3) is 0 Å². The molecular weight excluding hydrogens is 244 g/mol. The van der Waals surface area contributed by atoms with Gasteiger partial charge in [-0.1, -0.05) is 59.7 Å². The van der Waals surface area contributed by atoms with E-state index >= 15 is 0 Å². The van der Waals surface area contributed by atoms with Crippen molar-refractivity contribution >= 4 is 0 Å². The zero-order valence-electron chi connectivity index (χ0n) is 14.2. The van der Waals surface area contributed by atoms with Crippen molar-refractivity contribution in [2.75, 3.05) is 0 Å². The number of aliphatic hydroxyl groups excluding tert-OH is 1. The molecule has 0 fully saturated rings. The molecule has 1 nitrogen and oxygen atoms in total. The topological polar surface area (TPSA) is 20.2 Å². The standard InChI is InChI=1S/C19H32O/c1-7-15-9-10-16(8-2)17(12-15)18(20)11-14(3)13-19(4,5)6/h9-10,12,14,18,20H,7-8,11,13H2,1-6H3. The molecule has 0 heterocycles. The average molecular weight is 276 g/mol. The smallest absolute Gasteiger partial charge is 0.0795 e. The Morgan fingerprint density at radius 3 is 2.25 bits per heavy atom. The van der Waals surface area contributed by atoms with Gasteiger partial charge in [0, 0.05) is 0 Å². The molecule has 2 unspecified atom stereocenters. The Kier molecular flexibility index (Phi) is 6.26. The summed E-state index contributed by atoms with van der Waals surface area (Å²) in [7, 11) is 0. The van der Waals surface area contributed by atoms with Crippen LogP contribution in [0.5, 0.6) is 0 Å². The molecule has 0 spiro atoms. The molecular formula is C19H32O. The van der Waals surface area contributed by atoms with Gasteiger partial charge >= 0.3 is 0 Å². The molecule has 0 saturated heterocycles. The number of hydrogen-bond donors (Lipinski definition) is 1. The van der Waals surface area contributed by atoms with Gasteiger partial charge in [0.1, 0.15) is 0 Å². The van der Waals surface area contributed by atoms with E-state index in [4.69, 9.17) is 0 Å². The van der Waals surface area contributed by atoms with Gasteiger partial charge in [-0.3, -0.25) is 0 Å². The molecule has 0 aliphatic heterocycles. The second-order valence-electron chi connectivity index (χ2n) is 7.36. The fourth-order valence-corrected chi connectivity index (χ4v) is 3.13. The lowest BCUT2D eigenvalue weighted by Crippen LogP contribution is -2.14. The SMILES string of the molecule is CCc1ccc(CC)c(C(O)CC(C)CC(C)(C)C)c1. The van der Waals surface area contributed by atoms with E-state index in [0.29, 0.717) is 11.3 Å². The van der Waals surface area contributed by atoms with E-state index in [9.17, 15) is 5.11 Å². The summed E-state index contributed by atoms with van der Waals surface area (Å²) in [5, 5.41) is 10.6. The lowest BCUT2D eigenvalue weighted by Gasteiger charge is -2.26. The van der Waals surface area contributed by atoms with Crippen molar-refractivity contribution in [1.29, 1.82) is 0 Å². The summed E-state index contributed by atoms with van der Waals surface area (Å²) >= 11 is 0. The molecule has 1 heteroatoms. The third-order valence-corrected chi connectivity index (χ3v) is 3.94.